The Morgan fingerprint density at radius 1 is 1.32 bits per heavy atom. The molecule has 0 unspecified atom stereocenters. The molecule has 1 amide bonds. The molecule has 0 spiro atoms. The van der Waals surface area contributed by atoms with E-state index in [1.165, 1.54) is 0 Å². The van der Waals surface area contributed by atoms with E-state index < -0.39 is 0 Å². The Hall–Kier alpha value is -1.55. The maximum Gasteiger partial charge on any atom is 0.219 e. The molecule has 4 nitrogen and oxygen atoms in total. The number of nitrogens with one attached hydrogen (secondary N) is 1. The Labute approximate surface area is 116 Å². The molecular weight excluding hydrogens is 238 g/mol. The second-order valence-corrected chi connectivity index (χ2v) is 4.75. The van der Waals surface area contributed by atoms with E-state index in [9.17, 15) is 4.79 Å². The lowest BCUT2D eigenvalue weighted by Gasteiger charge is -2.22. The summed E-state index contributed by atoms with van der Waals surface area (Å²) >= 11 is 0. The van der Waals surface area contributed by atoms with E-state index in [1.54, 1.807) is 7.05 Å². The minimum atomic E-state index is 0.107. The number of nitrogens with two attached hydrogens (primary N) is 1. The fourth-order valence-corrected chi connectivity index (χ4v) is 2.09. The zero-order chi connectivity index (χ0) is 14.1. The number of benzene rings is 1. The van der Waals surface area contributed by atoms with Crippen molar-refractivity contribution in [1.82, 2.24) is 10.2 Å². The first-order chi connectivity index (χ1) is 9.17. The van der Waals surface area contributed by atoms with Crippen molar-refractivity contribution in [2.45, 2.75) is 32.7 Å². The highest BCUT2D eigenvalue weighted by atomic mass is 16.1. The van der Waals surface area contributed by atoms with Crippen LogP contribution >= 0.6 is 0 Å². The second kappa shape index (κ2) is 8.53. The second-order valence-electron chi connectivity index (χ2n) is 4.75. The largest absolute Gasteiger partial charge is 0.398 e. The van der Waals surface area contributed by atoms with Crippen molar-refractivity contribution in [1.29, 1.82) is 0 Å². The van der Waals surface area contributed by atoms with Crippen molar-refractivity contribution in [3.63, 3.8) is 0 Å². The molecule has 1 rings (SSSR count). The van der Waals surface area contributed by atoms with Gasteiger partial charge < -0.3 is 11.1 Å². The molecule has 0 radical (unpaired) electrons. The van der Waals surface area contributed by atoms with Crippen molar-refractivity contribution >= 4 is 11.6 Å². The molecule has 0 fully saturated rings. The van der Waals surface area contributed by atoms with Crippen LogP contribution in [0.15, 0.2) is 24.3 Å². The number of nitrogen functional groups attached to an aromatic ring is 1. The number of carbonyl (C=O) groups is 1. The summed E-state index contributed by atoms with van der Waals surface area (Å²) < 4.78 is 0. The Morgan fingerprint density at radius 3 is 2.68 bits per heavy atom. The molecule has 0 aliphatic rings. The summed E-state index contributed by atoms with van der Waals surface area (Å²) in [6.45, 7) is 4.98. The summed E-state index contributed by atoms with van der Waals surface area (Å²) in [5.41, 5.74) is 7.98. The first-order valence-electron chi connectivity index (χ1n) is 6.93. The number of carbonyl (C=O) groups excluding carboxylic acids is 1. The average molecular weight is 263 g/mol. The lowest BCUT2D eigenvalue weighted by Crippen LogP contribution is -2.27. The molecule has 0 aliphatic heterocycles. The first kappa shape index (κ1) is 15.5. The van der Waals surface area contributed by atoms with Crippen LogP contribution in [0.3, 0.4) is 0 Å². The molecule has 106 valence electrons. The van der Waals surface area contributed by atoms with Gasteiger partial charge in [-0.2, -0.15) is 0 Å². The van der Waals surface area contributed by atoms with Gasteiger partial charge in [-0.3, -0.25) is 9.69 Å². The van der Waals surface area contributed by atoms with Crippen LogP contribution in [0, 0.1) is 0 Å². The summed E-state index contributed by atoms with van der Waals surface area (Å²) in [6.07, 6.45) is 2.57. The van der Waals surface area contributed by atoms with Gasteiger partial charge >= 0.3 is 0 Å². The van der Waals surface area contributed by atoms with Crippen LogP contribution in [-0.4, -0.2) is 30.9 Å². The quantitative estimate of drug-likeness (QED) is 0.705. The Balaban J connectivity index is 2.48. The number of hydrogen-bond donors (Lipinski definition) is 2. The molecule has 0 saturated heterocycles. The molecular formula is C15H25N3O. The van der Waals surface area contributed by atoms with E-state index in [4.69, 9.17) is 5.73 Å². The van der Waals surface area contributed by atoms with Gasteiger partial charge in [-0.1, -0.05) is 25.1 Å². The van der Waals surface area contributed by atoms with E-state index in [1.807, 2.05) is 18.2 Å². The molecule has 0 saturated carbocycles. The zero-order valence-electron chi connectivity index (χ0n) is 12.0. The molecule has 1 aromatic rings. The lowest BCUT2D eigenvalue weighted by atomic mass is 10.1. The van der Waals surface area contributed by atoms with E-state index in [0.29, 0.717) is 6.42 Å². The van der Waals surface area contributed by atoms with Gasteiger partial charge in [-0.25, -0.2) is 0 Å². The summed E-state index contributed by atoms with van der Waals surface area (Å²) in [5.74, 6) is 0.107. The number of para-hydroxylation sites is 1. The molecule has 0 bridgehead atoms. The maximum absolute atomic E-state index is 11.2. The van der Waals surface area contributed by atoms with Gasteiger partial charge in [-0.05, 0) is 37.6 Å². The first-order valence-corrected chi connectivity index (χ1v) is 6.93. The van der Waals surface area contributed by atoms with Crippen LogP contribution in [0.1, 0.15) is 31.7 Å². The molecule has 3 N–H and O–H groups in total. The lowest BCUT2D eigenvalue weighted by molar-refractivity contribution is -0.120. The van der Waals surface area contributed by atoms with Gasteiger partial charge in [0.2, 0.25) is 5.91 Å². The van der Waals surface area contributed by atoms with E-state index >= 15 is 0 Å². The molecule has 19 heavy (non-hydrogen) atoms. The fraction of sp³-hybridized carbons (Fsp3) is 0.533. The predicted octanol–water partition coefficient (Wildman–Crippen LogP) is 2.01. The zero-order valence-corrected chi connectivity index (χ0v) is 12.0. The van der Waals surface area contributed by atoms with Crippen LogP contribution in [0.2, 0.25) is 0 Å². The Kier molecular flexibility index (Phi) is 6.97. The van der Waals surface area contributed by atoms with E-state index in [0.717, 1.165) is 43.7 Å². The number of nitrogens with zero attached hydrogens (tertiary/aromatic N) is 1. The van der Waals surface area contributed by atoms with Gasteiger partial charge in [-0.15, -0.1) is 0 Å². The third-order valence-corrected chi connectivity index (χ3v) is 3.15. The predicted molar refractivity (Wildman–Crippen MR) is 79.7 cm³/mol. The number of rotatable bonds is 8. The Morgan fingerprint density at radius 2 is 2.05 bits per heavy atom. The molecule has 1 aromatic carbocycles. The van der Waals surface area contributed by atoms with Crippen molar-refractivity contribution < 1.29 is 4.79 Å². The highest BCUT2D eigenvalue weighted by molar-refractivity contribution is 5.75. The SMILES string of the molecule is CCCN(CCCC(=O)NC)Cc1ccccc1N. The van der Waals surface area contributed by atoms with Gasteiger partial charge in [0.05, 0.1) is 0 Å². The van der Waals surface area contributed by atoms with Crippen molar-refractivity contribution in [2.75, 3.05) is 25.9 Å². The molecule has 0 aromatic heterocycles. The average Bonchev–Trinajstić information content (AvgIpc) is 2.41. The van der Waals surface area contributed by atoms with Crippen LogP contribution < -0.4 is 11.1 Å². The summed E-state index contributed by atoms with van der Waals surface area (Å²) in [6, 6.07) is 7.97. The normalized spacial score (nSPS) is 10.7. The van der Waals surface area contributed by atoms with Gasteiger partial charge in [0.15, 0.2) is 0 Å². The monoisotopic (exact) mass is 263 g/mol. The third-order valence-electron chi connectivity index (χ3n) is 3.15. The fourth-order valence-electron chi connectivity index (χ4n) is 2.09. The third kappa shape index (κ3) is 5.75. The number of amides is 1. The number of anilines is 1. The number of hydrogen-bond acceptors (Lipinski definition) is 3. The standard InChI is InChI=1S/C15H25N3O/c1-3-10-18(11-6-9-15(19)17-2)12-13-7-4-5-8-14(13)16/h4-5,7-8H,3,6,9-12,16H2,1-2H3,(H,17,19). The van der Waals surface area contributed by atoms with Crippen LogP contribution in [0.4, 0.5) is 5.69 Å². The van der Waals surface area contributed by atoms with Crippen molar-refractivity contribution in [2.24, 2.45) is 0 Å². The topological polar surface area (TPSA) is 58.4 Å². The van der Waals surface area contributed by atoms with Crippen LogP contribution in [0.25, 0.3) is 0 Å². The molecule has 0 atom stereocenters. The summed E-state index contributed by atoms with van der Waals surface area (Å²) in [7, 11) is 1.68. The minimum Gasteiger partial charge on any atom is -0.398 e. The van der Waals surface area contributed by atoms with Gasteiger partial charge in [0.1, 0.15) is 0 Å². The van der Waals surface area contributed by atoms with Gasteiger partial charge in [0.25, 0.3) is 0 Å². The minimum absolute atomic E-state index is 0.107. The van der Waals surface area contributed by atoms with Crippen LogP contribution in [-0.2, 0) is 11.3 Å². The molecule has 4 heteroatoms. The maximum atomic E-state index is 11.2. The van der Waals surface area contributed by atoms with Crippen molar-refractivity contribution in [3.8, 4) is 0 Å². The summed E-state index contributed by atoms with van der Waals surface area (Å²) in [5, 5.41) is 2.65. The molecule has 0 aliphatic carbocycles. The highest BCUT2D eigenvalue weighted by Crippen LogP contribution is 2.14. The summed E-state index contributed by atoms with van der Waals surface area (Å²) in [4.78, 5) is 13.6. The van der Waals surface area contributed by atoms with Crippen molar-refractivity contribution in [3.05, 3.63) is 29.8 Å². The highest BCUT2D eigenvalue weighted by Gasteiger charge is 2.08. The Bertz CT molecular complexity index is 393. The van der Waals surface area contributed by atoms with Crippen LogP contribution in [0.5, 0.6) is 0 Å². The van der Waals surface area contributed by atoms with E-state index in [-0.39, 0.29) is 5.91 Å². The van der Waals surface area contributed by atoms with Gasteiger partial charge in [0, 0.05) is 25.7 Å². The van der Waals surface area contributed by atoms with E-state index in [2.05, 4.69) is 23.2 Å². The smallest absolute Gasteiger partial charge is 0.219 e. The molecule has 0 heterocycles.